The minimum absolute atomic E-state index is 0.146. The Bertz CT molecular complexity index is 644. The molecule has 3 saturated carbocycles. The highest BCUT2D eigenvalue weighted by atomic mass is 16.7. The summed E-state index contributed by atoms with van der Waals surface area (Å²) in [5.41, 5.74) is 1.87. The van der Waals surface area contributed by atoms with E-state index >= 15 is 0 Å². The third-order valence-electron chi connectivity index (χ3n) is 9.61. The van der Waals surface area contributed by atoms with Crippen LogP contribution in [0.5, 0.6) is 0 Å². The summed E-state index contributed by atoms with van der Waals surface area (Å²) in [5, 5.41) is 10.5. The molecule has 1 aliphatic heterocycles. The van der Waals surface area contributed by atoms with Crippen LogP contribution in [0, 0.1) is 28.6 Å². The molecular formula is C23H36O4. The van der Waals surface area contributed by atoms with Gasteiger partial charge in [0.2, 0.25) is 0 Å². The number of aliphatic hydroxyl groups excluding tert-OH is 1. The van der Waals surface area contributed by atoms with Crippen LogP contribution in [-0.4, -0.2) is 42.9 Å². The van der Waals surface area contributed by atoms with Crippen LogP contribution in [0.15, 0.2) is 11.6 Å². The number of epoxide rings is 1. The molecule has 5 rings (SSSR count). The van der Waals surface area contributed by atoms with Crippen molar-refractivity contribution < 1.29 is 19.3 Å². The van der Waals surface area contributed by atoms with Crippen molar-refractivity contribution in [2.75, 3.05) is 13.9 Å². The summed E-state index contributed by atoms with van der Waals surface area (Å²) in [4.78, 5) is 0. The highest BCUT2D eigenvalue weighted by molar-refractivity contribution is 5.30. The molecule has 4 heteroatoms. The smallest absolute Gasteiger partial charge is 0.146 e. The van der Waals surface area contributed by atoms with E-state index < -0.39 is 0 Å². The zero-order valence-corrected chi connectivity index (χ0v) is 17.4. The van der Waals surface area contributed by atoms with Gasteiger partial charge < -0.3 is 19.3 Å². The van der Waals surface area contributed by atoms with Gasteiger partial charge in [-0.1, -0.05) is 25.5 Å². The van der Waals surface area contributed by atoms with Crippen molar-refractivity contribution in [2.24, 2.45) is 28.6 Å². The topological polar surface area (TPSA) is 51.2 Å². The molecule has 152 valence electrons. The first kappa shape index (κ1) is 18.6. The van der Waals surface area contributed by atoms with E-state index in [0.29, 0.717) is 30.3 Å². The number of methoxy groups -OCH3 is 1. The Morgan fingerprint density at radius 2 is 2.07 bits per heavy atom. The molecule has 0 bridgehead atoms. The quantitative estimate of drug-likeness (QED) is 0.457. The second-order valence-electron chi connectivity index (χ2n) is 10.5. The molecule has 4 aliphatic carbocycles. The first-order valence-electron chi connectivity index (χ1n) is 11.0. The van der Waals surface area contributed by atoms with Crippen molar-refractivity contribution >= 4 is 0 Å². The van der Waals surface area contributed by atoms with Crippen LogP contribution in [0.4, 0.5) is 0 Å². The first-order chi connectivity index (χ1) is 12.9. The first-order valence-corrected chi connectivity index (χ1v) is 11.0. The number of fused-ring (bicyclic) bond motifs is 7. The number of aliphatic hydroxyl groups is 1. The molecule has 1 heterocycles. The van der Waals surface area contributed by atoms with Gasteiger partial charge in [0.15, 0.2) is 0 Å². The molecule has 0 aromatic rings. The van der Waals surface area contributed by atoms with Crippen LogP contribution in [0.3, 0.4) is 0 Å². The third kappa shape index (κ3) is 2.30. The Labute approximate surface area is 163 Å². The molecule has 5 aliphatic rings. The van der Waals surface area contributed by atoms with Crippen molar-refractivity contribution in [1.82, 2.24) is 0 Å². The van der Waals surface area contributed by atoms with Crippen molar-refractivity contribution in [3.63, 3.8) is 0 Å². The van der Waals surface area contributed by atoms with Crippen LogP contribution in [0.1, 0.15) is 65.7 Å². The van der Waals surface area contributed by atoms with E-state index in [-0.39, 0.29) is 17.1 Å². The van der Waals surface area contributed by atoms with Gasteiger partial charge >= 0.3 is 0 Å². The van der Waals surface area contributed by atoms with Gasteiger partial charge in [-0.3, -0.25) is 0 Å². The number of ether oxygens (including phenoxy) is 3. The van der Waals surface area contributed by atoms with Gasteiger partial charge in [0, 0.05) is 12.5 Å². The van der Waals surface area contributed by atoms with E-state index in [1.54, 1.807) is 12.7 Å². The van der Waals surface area contributed by atoms with Crippen molar-refractivity contribution in [3.8, 4) is 0 Å². The summed E-state index contributed by atoms with van der Waals surface area (Å²) in [7, 11) is 1.70. The summed E-state index contributed by atoms with van der Waals surface area (Å²) in [6.45, 7) is 7.30. The minimum Gasteiger partial charge on any atom is -0.390 e. The van der Waals surface area contributed by atoms with Gasteiger partial charge in [-0.15, -0.1) is 0 Å². The van der Waals surface area contributed by atoms with Gasteiger partial charge in [0.1, 0.15) is 12.4 Å². The molecule has 9 atom stereocenters. The van der Waals surface area contributed by atoms with E-state index in [2.05, 4.69) is 19.9 Å². The van der Waals surface area contributed by atoms with Gasteiger partial charge in [0.05, 0.1) is 18.3 Å². The van der Waals surface area contributed by atoms with Crippen LogP contribution in [-0.2, 0) is 14.2 Å². The van der Waals surface area contributed by atoms with Crippen molar-refractivity contribution in [1.29, 1.82) is 0 Å². The molecule has 0 aromatic carbocycles. The maximum Gasteiger partial charge on any atom is 0.146 e. The van der Waals surface area contributed by atoms with Gasteiger partial charge in [-0.05, 0) is 75.0 Å². The normalized spacial score (nSPS) is 54.3. The average molecular weight is 377 g/mol. The predicted molar refractivity (Wildman–Crippen MR) is 103 cm³/mol. The SMILES string of the molecule is COCO[C@H]1CC[C@@]2(C)C(=CC[C@@H]3[C@@H]2CC[C@@]2(C)[C@H]3C[C@H]3O[C@]32[C@H](C)O)C1. The van der Waals surface area contributed by atoms with E-state index in [9.17, 15) is 5.11 Å². The lowest BCUT2D eigenvalue weighted by Crippen LogP contribution is -2.55. The maximum atomic E-state index is 10.5. The van der Waals surface area contributed by atoms with E-state index in [1.165, 1.54) is 25.7 Å². The molecule has 0 radical (unpaired) electrons. The predicted octanol–water partition coefficient (Wildman–Crippen LogP) is 4.07. The Morgan fingerprint density at radius 3 is 2.81 bits per heavy atom. The fourth-order valence-electron chi connectivity index (χ4n) is 8.18. The van der Waals surface area contributed by atoms with Crippen molar-refractivity contribution in [3.05, 3.63) is 11.6 Å². The molecule has 1 saturated heterocycles. The molecule has 0 unspecified atom stereocenters. The lowest BCUT2D eigenvalue weighted by Gasteiger charge is -2.58. The van der Waals surface area contributed by atoms with E-state index in [0.717, 1.165) is 31.1 Å². The summed E-state index contributed by atoms with van der Waals surface area (Å²) in [6, 6.07) is 0. The largest absolute Gasteiger partial charge is 0.390 e. The molecule has 0 aromatic heterocycles. The third-order valence-corrected chi connectivity index (χ3v) is 9.61. The monoisotopic (exact) mass is 376 g/mol. The summed E-state index contributed by atoms with van der Waals surface area (Å²) in [5.74, 6) is 2.23. The van der Waals surface area contributed by atoms with Crippen LogP contribution in [0.25, 0.3) is 0 Å². The number of hydrogen-bond acceptors (Lipinski definition) is 4. The summed E-state index contributed by atoms with van der Waals surface area (Å²) >= 11 is 0. The number of rotatable bonds is 4. The van der Waals surface area contributed by atoms with Crippen LogP contribution < -0.4 is 0 Å². The van der Waals surface area contributed by atoms with Gasteiger partial charge in [0.25, 0.3) is 0 Å². The molecular weight excluding hydrogens is 340 g/mol. The lowest BCUT2D eigenvalue weighted by molar-refractivity contribution is -0.117. The van der Waals surface area contributed by atoms with Crippen LogP contribution >= 0.6 is 0 Å². The minimum atomic E-state index is -0.354. The van der Waals surface area contributed by atoms with Crippen molar-refractivity contribution in [2.45, 2.75) is 89.6 Å². The maximum absolute atomic E-state index is 10.5. The highest BCUT2D eigenvalue weighted by Gasteiger charge is 2.78. The fraction of sp³-hybridized carbons (Fsp3) is 0.913. The number of hydrogen-bond donors (Lipinski definition) is 1. The molecule has 0 amide bonds. The molecule has 27 heavy (non-hydrogen) atoms. The second-order valence-corrected chi connectivity index (χ2v) is 10.5. The zero-order valence-electron chi connectivity index (χ0n) is 17.4. The number of allylic oxidation sites excluding steroid dienone is 1. The Balaban J connectivity index is 1.40. The standard InChI is InChI=1S/C23H36O4/c1-14(24)23-20(27-23)12-19-17-6-5-15-11-16(26-13-25-4)7-9-21(15,2)18(17)8-10-22(19,23)3/h5,14,16-20,24H,6-13H2,1-4H3/t14-,16-,17+,18-,19-,20+,21-,22-,23+/m0/s1. The molecule has 1 N–H and O–H groups in total. The fourth-order valence-corrected chi connectivity index (χ4v) is 8.18. The lowest BCUT2D eigenvalue weighted by atomic mass is 9.47. The zero-order chi connectivity index (χ0) is 19.0. The second kappa shape index (κ2) is 6.04. The summed E-state index contributed by atoms with van der Waals surface area (Å²) < 4.78 is 17.2. The van der Waals surface area contributed by atoms with Gasteiger partial charge in [-0.2, -0.15) is 0 Å². The Morgan fingerprint density at radius 1 is 1.26 bits per heavy atom. The van der Waals surface area contributed by atoms with E-state index in [4.69, 9.17) is 14.2 Å². The molecule has 0 spiro atoms. The molecule has 4 fully saturated rings. The molecule has 4 nitrogen and oxygen atoms in total. The average Bonchev–Trinajstić information content (AvgIpc) is 3.32. The Hall–Kier alpha value is -0.420. The van der Waals surface area contributed by atoms with Gasteiger partial charge in [-0.25, -0.2) is 0 Å². The van der Waals surface area contributed by atoms with E-state index in [1.807, 2.05) is 6.92 Å². The Kier molecular flexibility index (Phi) is 4.16. The highest BCUT2D eigenvalue weighted by Crippen LogP contribution is 2.73. The van der Waals surface area contributed by atoms with Crippen LogP contribution in [0.2, 0.25) is 0 Å². The summed E-state index contributed by atoms with van der Waals surface area (Å²) in [6.07, 6.45) is 11.1.